The fourth-order valence-electron chi connectivity index (χ4n) is 12.0. The molecule has 6 rings (SSSR count). The first-order chi connectivity index (χ1) is 20.2. The first-order valence-electron chi connectivity index (χ1n) is 16.8. The molecule has 1 saturated heterocycles. The van der Waals surface area contributed by atoms with Gasteiger partial charge in [-0.3, -0.25) is 9.78 Å². The summed E-state index contributed by atoms with van der Waals surface area (Å²) in [4.78, 5) is 30.4. The van der Waals surface area contributed by atoms with Gasteiger partial charge in [-0.05, 0) is 114 Å². The molecule has 0 spiro atoms. The Bertz CT molecular complexity index is 1320. The summed E-state index contributed by atoms with van der Waals surface area (Å²) in [5, 5.41) is 10.2. The third kappa shape index (κ3) is 4.30. The van der Waals surface area contributed by atoms with Gasteiger partial charge in [-0.2, -0.15) is 5.26 Å². The molecule has 0 unspecified atom stereocenters. The minimum atomic E-state index is -0.725. The summed E-state index contributed by atoms with van der Waals surface area (Å²) in [6.45, 7) is 17.0. The topological polar surface area (TPSA) is 89.3 Å². The molecule has 1 aliphatic heterocycles. The molecule has 1 aromatic heterocycles. The number of rotatable bonds is 6. The second-order valence-corrected chi connectivity index (χ2v) is 17.1. The Morgan fingerprint density at radius 3 is 2.49 bits per heavy atom. The average molecular weight is 589 g/mol. The number of aromatic nitrogens is 1. The van der Waals surface area contributed by atoms with E-state index in [1.54, 1.807) is 18.3 Å². The standard InChI is InChI=1S/C37H52N2O4/c1-32(2)14-16-37-17-15-35(6)25(29(37)30(32)43-23-37)10-11-27-34(5,18-19-38)26(12-13-36(27,35)7)33(3,4)28(40)22-42-31(41)24-9-8-20-39-21-24/h8-9,20-21,25-27,29-30H,10-18,22-23H2,1-7H3/t25-,26+,27-,29+,30-,34+,35-,36-,37-/m1/s1. The van der Waals surface area contributed by atoms with Gasteiger partial charge in [0, 0.05) is 24.2 Å². The molecule has 5 fully saturated rings. The Hall–Kier alpha value is -2.26. The van der Waals surface area contributed by atoms with Crippen LogP contribution in [0.4, 0.5) is 0 Å². The molecule has 9 atom stereocenters. The molecule has 6 nitrogen and oxygen atoms in total. The maximum absolute atomic E-state index is 13.8. The first-order valence-corrected chi connectivity index (χ1v) is 16.8. The van der Waals surface area contributed by atoms with Gasteiger partial charge in [0.05, 0.1) is 24.3 Å². The molecular weight excluding hydrogens is 536 g/mol. The van der Waals surface area contributed by atoms with Crippen LogP contribution in [0.2, 0.25) is 0 Å². The van der Waals surface area contributed by atoms with Crippen molar-refractivity contribution in [2.24, 2.45) is 56.2 Å². The van der Waals surface area contributed by atoms with Gasteiger partial charge < -0.3 is 9.47 Å². The average Bonchev–Trinajstić information content (AvgIpc) is 3.30. The van der Waals surface area contributed by atoms with E-state index in [4.69, 9.17) is 9.47 Å². The first kappa shape index (κ1) is 30.8. The Labute approximate surface area is 258 Å². The van der Waals surface area contributed by atoms with E-state index >= 15 is 0 Å². The summed E-state index contributed by atoms with van der Waals surface area (Å²) < 4.78 is 12.2. The van der Waals surface area contributed by atoms with E-state index < -0.39 is 11.4 Å². The highest BCUT2D eigenvalue weighted by atomic mass is 16.5. The van der Waals surface area contributed by atoms with Gasteiger partial charge >= 0.3 is 5.97 Å². The van der Waals surface area contributed by atoms with Crippen LogP contribution in [-0.4, -0.2) is 36.1 Å². The summed E-state index contributed by atoms with van der Waals surface area (Å²) in [6, 6.07) is 5.91. The number of carbonyl (C=O) groups is 2. The van der Waals surface area contributed by atoms with Crippen LogP contribution in [0.25, 0.3) is 0 Å². The third-order valence-electron chi connectivity index (χ3n) is 14.7. The van der Waals surface area contributed by atoms with E-state index in [0.717, 1.165) is 25.9 Å². The lowest BCUT2D eigenvalue weighted by Crippen LogP contribution is -2.66. The zero-order chi connectivity index (χ0) is 31.1. The van der Waals surface area contributed by atoms with Crippen LogP contribution in [0.1, 0.15) is 117 Å². The number of ketones is 1. The lowest BCUT2D eigenvalue weighted by Gasteiger charge is -2.72. The molecule has 0 aromatic carbocycles. The maximum atomic E-state index is 13.8. The molecule has 43 heavy (non-hydrogen) atoms. The molecule has 2 heterocycles. The van der Waals surface area contributed by atoms with Crippen molar-refractivity contribution in [3.8, 4) is 6.07 Å². The van der Waals surface area contributed by atoms with E-state index in [-0.39, 0.29) is 40.0 Å². The van der Waals surface area contributed by atoms with Crippen molar-refractivity contribution in [3.05, 3.63) is 30.1 Å². The molecule has 0 amide bonds. The Kier molecular flexibility index (Phi) is 7.24. The highest BCUT2D eigenvalue weighted by molar-refractivity contribution is 5.92. The van der Waals surface area contributed by atoms with E-state index in [1.165, 1.54) is 38.3 Å². The van der Waals surface area contributed by atoms with E-state index in [0.29, 0.717) is 41.3 Å². The lowest BCUT2D eigenvalue weighted by atomic mass is 9.32. The summed E-state index contributed by atoms with van der Waals surface area (Å²) in [5.74, 6) is 1.05. The van der Waals surface area contributed by atoms with Crippen LogP contribution in [0.5, 0.6) is 0 Å². The van der Waals surface area contributed by atoms with Gasteiger partial charge in [-0.15, -0.1) is 0 Å². The van der Waals surface area contributed by atoms with Gasteiger partial charge in [0.15, 0.2) is 12.4 Å². The van der Waals surface area contributed by atoms with Crippen LogP contribution < -0.4 is 0 Å². The normalized spacial score (nSPS) is 43.0. The number of pyridine rings is 1. The minimum Gasteiger partial charge on any atom is -0.454 e. The molecule has 6 heteroatoms. The van der Waals surface area contributed by atoms with Crippen molar-refractivity contribution in [3.63, 3.8) is 0 Å². The van der Waals surface area contributed by atoms with Crippen molar-refractivity contribution in [2.45, 2.75) is 112 Å². The molecule has 0 radical (unpaired) electrons. The maximum Gasteiger partial charge on any atom is 0.340 e. The zero-order valence-electron chi connectivity index (χ0n) is 27.5. The van der Waals surface area contributed by atoms with Gasteiger partial charge in [0.2, 0.25) is 0 Å². The van der Waals surface area contributed by atoms with Crippen LogP contribution in [-0.2, 0) is 14.3 Å². The van der Waals surface area contributed by atoms with Crippen molar-refractivity contribution < 1.29 is 19.1 Å². The summed E-state index contributed by atoms with van der Waals surface area (Å²) in [7, 11) is 0. The van der Waals surface area contributed by atoms with Gasteiger partial charge in [0.1, 0.15) is 0 Å². The fraction of sp³-hybridized carbons (Fsp3) is 0.784. The largest absolute Gasteiger partial charge is 0.454 e. The summed E-state index contributed by atoms with van der Waals surface area (Å²) in [6.07, 6.45) is 13.2. The predicted molar refractivity (Wildman–Crippen MR) is 165 cm³/mol. The number of carbonyl (C=O) groups excluding carboxylic acids is 2. The van der Waals surface area contributed by atoms with Crippen LogP contribution in [0, 0.1) is 67.5 Å². The highest BCUT2D eigenvalue weighted by Gasteiger charge is 2.72. The zero-order valence-corrected chi connectivity index (χ0v) is 27.5. The molecule has 0 N–H and O–H groups in total. The SMILES string of the molecule is CC1(C)CC[C@]23CC[C@]4(C)[C@H](CC[C@@H]5[C@@](C)(CC#N)[C@H](C(C)(C)C(=O)COC(=O)c6cccnc6)CC[C@]54C)[C@H]2[C@H]1OC3. The number of hydrogen-bond donors (Lipinski definition) is 0. The monoisotopic (exact) mass is 588 g/mol. The Morgan fingerprint density at radius 2 is 1.79 bits per heavy atom. The number of fused-ring (bicyclic) bond motifs is 3. The van der Waals surface area contributed by atoms with E-state index in [9.17, 15) is 14.9 Å². The van der Waals surface area contributed by atoms with Crippen molar-refractivity contribution in [1.29, 1.82) is 5.26 Å². The van der Waals surface area contributed by atoms with Gasteiger partial charge in [-0.25, -0.2) is 4.79 Å². The van der Waals surface area contributed by atoms with Crippen LogP contribution in [0.15, 0.2) is 24.5 Å². The Balaban J connectivity index is 1.27. The molecule has 1 aromatic rings. The molecule has 2 bridgehead atoms. The van der Waals surface area contributed by atoms with Gasteiger partial charge in [0.25, 0.3) is 0 Å². The smallest absolute Gasteiger partial charge is 0.340 e. The molecule has 4 aliphatic carbocycles. The molecule has 5 aliphatic rings. The van der Waals surface area contributed by atoms with Crippen molar-refractivity contribution >= 4 is 11.8 Å². The van der Waals surface area contributed by atoms with Gasteiger partial charge in [-0.1, -0.05) is 48.5 Å². The second kappa shape index (κ2) is 10.1. The van der Waals surface area contributed by atoms with Crippen molar-refractivity contribution in [2.75, 3.05) is 13.2 Å². The highest BCUT2D eigenvalue weighted by Crippen LogP contribution is 2.77. The van der Waals surface area contributed by atoms with Crippen molar-refractivity contribution in [1.82, 2.24) is 4.98 Å². The molecular formula is C37H52N2O4. The minimum absolute atomic E-state index is 0.0329. The summed E-state index contributed by atoms with van der Waals surface area (Å²) in [5.41, 5.74) is 0.150. The van der Waals surface area contributed by atoms with E-state index in [1.807, 2.05) is 13.8 Å². The van der Waals surface area contributed by atoms with Crippen LogP contribution in [0.3, 0.4) is 0 Å². The quantitative estimate of drug-likeness (QED) is 0.315. The van der Waals surface area contributed by atoms with E-state index in [2.05, 4.69) is 45.7 Å². The second-order valence-electron chi connectivity index (χ2n) is 17.1. The molecule has 4 saturated carbocycles. The number of hydrogen-bond acceptors (Lipinski definition) is 6. The number of nitriles is 1. The number of Topliss-reactive ketones (excluding diaryl/α,β-unsaturated/α-hetero) is 1. The Morgan fingerprint density at radius 1 is 1.05 bits per heavy atom. The number of esters is 1. The predicted octanol–water partition coefficient (Wildman–Crippen LogP) is 7.82. The number of ether oxygens (including phenoxy) is 2. The third-order valence-corrected chi connectivity index (χ3v) is 14.7. The fourth-order valence-corrected chi connectivity index (χ4v) is 12.0. The van der Waals surface area contributed by atoms with Crippen LogP contribution >= 0.6 is 0 Å². The number of nitrogens with zero attached hydrogens (tertiary/aromatic N) is 2. The summed E-state index contributed by atoms with van der Waals surface area (Å²) >= 11 is 0. The molecule has 234 valence electrons. The lowest BCUT2D eigenvalue weighted by molar-refractivity contribution is -0.233.